The molecule has 0 unspecified atom stereocenters. The zero-order valence-electron chi connectivity index (χ0n) is 11.8. The van der Waals surface area contributed by atoms with Gasteiger partial charge >= 0.3 is 0 Å². The number of aliphatic hydroxyl groups excluding tert-OH is 1. The zero-order valence-corrected chi connectivity index (χ0v) is 12.5. The van der Waals surface area contributed by atoms with E-state index in [1.165, 1.54) is 12.5 Å². The van der Waals surface area contributed by atoms with Crippen molar-refractivity contribution in [3.63, 3.8) is 0 Å². The Morgan fingerprint density at radius 2 is 1.95 bits per heavy atom. The first-order valence-electron chi connectivity index (χ1n) is 7.00. The molecule has 110 valence electrons. The van der Waals surface area contributed by atoms with Gasteiger partial charge in [-0.25, -0.2) is 0 Å². The molecule has 0 aromatic heterocycles. The molecular formula is C15H21ClN2O2. The molecule has 1 aromatic carbocycles. The van der Waals surface area contributed by atoms with E-state index < -0.39 is 6.10 Å². The minimum absolute atomic E-state index is 0.168. The van der Waals surface area contributed by atoms with Crippen LogP contribution in [0.4, 0.5) is 0 Å². The molecule has 0 aliphatic carbocycles. The molecule has 0 saturated carbocycles. The summed E-state index contributed by atoms with van der Waals surface area (Å²) in [7, 11) is 0. The van der Waals surface area contributed by atoms with Crippen molar-refractivity contribution >= 4 is 17.5 Å². The molecule has 1 heterocycles. The Hall–Kier alpha value is -1.10. The van der Waals surface area contributed by atoms with Gasteiger partial charge in [-0.3, -0.25) is 9.69 Å². The normalized spacial score (nSPS) is 18.6. The van der Waals surface area contributed by atoms with Crippen LogP contribution in [0.1, 0.15) is 18.9 Å². The van der Waals surface area contributed by atoms with Gasteiger partial charge in [-0.1, -0.05) is 23.7 Å². The Morgan fingerprint density at radius 1 is 1.25 bits per heavy atom. The summed E-state index contributed by atoms with van der Waals surface area (Å²) in [4.78, 5) is 15.9. The van der Waals surface area contributed by atoms with E-state index in [0.29, 0.717) is 6.54 Å². The fourth-order valence-corrected chi connectivity index (χ4v) is 2.59. The Balaban J connectivity index is 1.89. The van der Waals surface area contributed by atoms with E-state index in [0.717, 1.165) is 37.6 Å². The lowest BCUT2D eigenvalue weighted by atomic mass is 10.2. The molecule has 1 N–H and O–H groups in total. The highest BCUT2D eigenvalue weighted by molar-refractivity contribution is 6.30. The fraction of sp³-hybridized carbons (Fsp3) is 0.533. The number of rotatable bonds is 3. The molecule has 1 aliphatic rings. The van der Waals surface area contributed by atoms with Crippen molar-refractivity contribution in [3.8, 4) is 0 Å². The zero-order chi connectivity index (χ0) is 14.5. The molecule has 1 fully saturated rings. The number of amides is 1. The third kappa shape index (κ3) is 4.20. The van der Waals surface area contributed by atoms with Crippen molar-refractivity contribution in [2.24, 2.45) is 0 Å². The van der Waals surface area contributed by atoms with Gasteiger partial charge in [0.1, 0.15) is 6.10 Å². The second-order valence-corrected chi connectivity index (χ2v) is 5.69. The van der Waals surface area contributed by atoms with Crippen molar-refractivity contribution in [2.75, 3.05) is 26.2 Å². The summed E-state index contributed by atoms with van der Waals surface area (Å²) in [5.41, 5.74) is 1.23. The lowest BCUT2D eigenvalue weighted by Gasteiger charge is -2.23. The van der Waals surface area contributed by atoms with Gasteiger partial charge in [-0.15, -0.1) is 0 Å². The highest BCUT2D eigenvalue weighted by Gasteiger charge is 2.21. The Labute approximate surface area is 124 Å². The third-order valence-corrected chi connectivity index (χ3v) is 3.83. The minimum Gasteiger partial charge on any atom is -0.384 e. The first kappa shape index (κ1) is 15.3. The van der Waals surface area contributed by atoms with Gasteiger partial charge in [0.2, 0.25) is 0 Å². The topological polar surface area (TPSA) is 43.8 Å². The van der Waals surface area contributed by atoms with E-state index in [4.69, 9.17) is 11.6 Å². The monoisotopic (exact) mass is 296 g/mol. The van der Waals surface area contributed by atoms with Crippen molar-refractivity contribution < 1.29 is 9.90 Å². The SMILES string of the molecule is C[C@H](O)C(=O)N1CCCN(Cc2ccc(Cl)cc2)CC1. The van der Waals surface area contributed by atoms with Gasteiger partial charge in [0.25, 0.3) is 5.91 Å². The van der Waals surface area contributed by atoms with Crippen molar-refractivity contribution in [3.05, 3.63) is 34.9 Å². The summed E-state index contributed by atoms with van der Waals surface area (Å²) < 4.78 is 0. The van der Waals surface area contributed by atoms with Gasteiger partial charge in [-0.2, -0.15) is 0 Å². The standard InChI is InChI=1S/C15H21ClN2O2/c1-12(19)15(20)18-8-2-7-17(9-10-18)11-13-3-5-14(16)6-4-13/h3-6,12,19H,2,7-11H2,1H3/t12-/m0/s1. The predicted molar refractivity (Wildman–Crippen MR) is 79.6 cm³/mol. The number of halogens is 1. The van der Waals surface area contributed by atoms with Crippen molar-refractivity contribution in [2.45, 2.75) is 26.0 Å². The first-order chi connectivity index (χ1) is 9.56. The third-order valence-electron chi connectivity index (χ3n) is 3.58. The van der Waals surface area contributed by atoms with Gasteiger partial charge in [0, 0.05) is 37.7 Å². The van der Waals surface area contributed by atoms with Crippen LogP contribution in [0, 0.1) is 0 Å². The van der Waals surface area contributed by atoms with E-state index in [9.17, 15) is 9.90 Å². The fourth-order valence-electron chi connectivity index (χ4n) is 2.46. The Kier molecular flexibility index (Phi) is 5.40. The van der Waals surface area contributed by atoms with Crippen molar-refractivity contribution in [1.29, 1.82) is 0 Å². The molecule has 1 amide bonds. The van der Waals surface area contributed by atoms with Gasteiger partial charge in [0.05, 0.1) is 0 Å². The molecule has 4 nitrogen and oxygen atoms in total. The predicted octanol–water partition coefficient (Wildman–Crippen LogP) is 1.76. The van der Waals surface area contributed by atoms with E-state index in [-0.39, 0.29) is 5.91 Å². The van der Waals surface area contributed by atoms with Crippen LogP contribution in [-0.4, -0.2) is 53.1 Å². The van der Waals surface area contributed by atoms with Crippen LogP contribution in [0.25, 0.3) is 0 Å². The summed E-state index contributed by atoms with van der Waals surface area (Å²) in [5.74, 6) is -0.168. The molecule has 20 heavy (non-hydrogen) atoms. The van der Waals surface area contributed by atoms with Crippen LogP contribution < -0.4 is 0 Å². The molecule has 5 heteroatoms. The smallest absolute Gasteiger partial charge is 0.251 e. The second kappa shape index (κ2) is 7.07. The molecule has 1 saturated heterocycles. The van der Waals surface area contributed by atoms with Gasteiger partial charge in [0.15, 0.2) is 0 Å². The second-order valence-electron chi connectivity index (χ2n) is 5.26. The number of hydrogen-bond donors (Lipinski definition) is 1. The summed E-state index contributed by atoms with van der Waals surface area (Å²) in [6, 6.07) is 7.87. The van der Waals surface area contributed by atoms with Crippen LogP contribution in [0.2, 0.25) is 5.02 Å². The average molecular weight is 297 g/mol. The molecule has 1 atom stereocenters. The summed E-state index contributed by atoms with van der Waals surface area (Å²) in [6.07, 6.45) is 0.0318. The first-order valence-corrected chi connectivity index (χ1v) is 7.37. The van der Waals surface area contributed by atoms with E-state index in [1.54, 1.807) is 4.90 Å². The number of aliphatic hydroxyl groups is 1. The quantitative estimate of drug-likeness (QED) is 0.924. The van der Waals surface area contributed by atoms with Crippen LogP contribution in [0.5, 0.6) is 0 Å². The lowest BCUT2D eigenvalue weighted by Crippen LogP contribution is -2.40. The number of benzene rings is 1. The van der Waals surface area contributed by atoms with Crippen LogP contribution in [0.3, 0.4) is 0 Å². The molecule has 1 aliphatic heterocycles. The number of nitrogens with zero attached hydrogens (tertiary/aromatic N) is 2. The minimum atomic E-state index is -0.905. The molecule has 0 radical (unpaired) electrons. The van der Waals surface area contributed by atoms with Crippen LogP contribution in [0.15, 0.2) is 24.3 Å². The Bertz CT molecular complexity index is 448. The van der Waals surface area contributed by atoms with Gasteiger partial charge in [-0.05, 0) is 31.0 Å². The molecule has 1 aromatic rings. The van der Waals surface area contributed by atoms with E-state index in [2.05, 4.69) is 4.90 Å². The molecule has 0 spiro atoms. The van der Waals surface area contributed by atoms with Gasteiger partial charge < -0.3 is 10.0 Å². The summed E-state index contributed by atoms with van der Waals surface area (Å²) in [5, 5.41) is 10.1. The number of carbonyl (C=O) groups excluding carboxylic acids is 1. The van der Waals surface area contributed by atoms with E-state index >= 15 is 0 Å². The van der Waals surface area contributed by atoms with Crippen LogP contribution in [-0.2, 0) is 11.3 Å². The van der Waals surface area contributed by atoms with E-state index in [1.807, 2.05) is 24.3 Å². The molecular weight excluding hydrogens is 276 g/mol. The maximum Gasteiger partial charge on any atom is 0.251 e. The average Bonchev–Trinajstić information content (AvgIpc) is 2.66. The number of carbonyl (C=O) groups is 1. The highest BCUT2D eigenvalue weighted by atomic mass is 35.5. The number of hydrogen-bond acceptors (Lipinski definition) is 3. The van der Waals surface area contributed by atoms with Crippen molar-refractivity contribution in [1.82, 2.24) is 9.80 Å². The lowest BCUT2D eigenvalue weighted by molar-refractivity contribution is -0.139. The maximum atomic E-state index is 11.8. The molecule has 2 rings (SSSR count). The molecule has 0 bridgehead atoms. The van der Waals surface area contributed by atoms with Crippen LogP contribution >= 0.6 is 11.6 Å². The summed E-state index contributed by atoms with van der Waals surface area (Å²) in [6.45, 7) is 5.60. The largest absolute Gasteiger partial charge is 0.384 e. The Morgan fingerprint density at radius 3 is 2.60 bits per heavy atom. The highest BCUT2D eigenvalue weighted by Crippen LogP contribution is 2.13. The summed E-state index contributed by atoms with van der Waals surface area (Å²) >= 11 is 5.88. The maximum absolute atomic E-state index is 11.8.